The molecule has 0 fully saturated rings. The van der Waals surface area contributed by atoms with Gasteiger partial charge in [-0.2, -0.15) is 8.42 Å². The number of hydrogen-bond acceptors (Lipinski definition) is 9. The first-order valence-electron chi connectivity index (χ1n) is 12.6. The fourth-order valence-electron chi connectivity index (χ4n) is 3.77. The summed E-state index contributed by atoms with van der Waals surface area (Å²) in [5.41, 5.74) is 4.95. The van der Waals surface area contributed by atoms with Crippen LogP contribution < -0.4 is 16.1 Å². The van der Waals surface area contributed by atoms with E-state index in [-0.39, 0.29) is 38.6 Å². The number of amides is 2. The SMILES string of the molecule is CNN(C)Cc1cc2ccccc2n1CCC(=O)NC(CS(=O)(=O)O)C(=O)NCCOCCOCCC(C)=O. The average molecular weight is 570 g/mol. The maximum atomic E-state index is 12.7. The van der Waals surface area contributed by atoms with E-state index in [4.69, 9.17) is 9.47 Å². The number of Topliss-reactive ketones (excluding diaryl/α,β-unsaturated/α-hetero) is 1. The van der Waals surface area contributed by atoms with Crippen LogP contribution in [0.25, 0.3) is 10.9 Å². The van der Waals surface area contributed by atoms with Crippen LogP contribution in [0.1, 0.15) is 25.5 Å². The van der Waals surface area contributed by atoms with Crippen molar-refractivity contribution in [2.75, 3.05) is 52.8 Å². The third kappa shape index (κ3) is 12.2. The van der Waals surface area contributed by atoms with Crippen molar-refractivity contribution in [2.45, 2.75) is 38.9 Å². The fourth-order valence-corrected chi connectivity index (χ4v) is 4.42. The second kappa shape index (κ2) is 16.3. The second-order valence-electron chi connectivity index (χ2n) is 9.01. The molecule has 2 aromatic rings. The van der Waals surface area contributed by atoms with E-state index in [9.17, 15) is 27.4 Å². The zero-order chi connectivity index (χ0) is 28.8. The van der Waals surface area contributed by atoms with E-state index in [2.05, 4.69) is 16.1 Å². The molecular weight excluding hydrogens is 530 g/mol. The molecule has 0 aliphatic heterocycles. The van der Waals surface area contributed by atoms with Crippen LogP contribution in [-0.4, -0.2) is 99.0 Å². The molecule has 0 bridgehead atoms. The van der Waals surface area contributed by atoms with Gasteiger partial charge in [0.15, 0.2) is 0 Å². The van der Waals surface area contributed by atoms with Crippen LogP contribution in [0.5, 0.6) is 0 Å². The van der Waals surface area contributed by atoms with Crippen molar-refractivity contribution in [1.82, 2.24) is 25.6 Å². The number of carbonyl (C=O) groups excluding carboxylic acids is 3. The lowest BCUT2D eigenvalue weighted by Crippen LogP contribution is -2.51. The minimum atomic E-state index is -4.54. The van der Waals surface area contributed by atoms with Crippen LogP contribution in [-0.2, 0) is 47.1 Å². The summed E-state index contributed by atoms with van der Waals surface area (Å²) >= 11 is 0. The zero-order valence-electron chi connectivity index (χ0n) is 22.6. The number of ether oxygens (including phenoxy) is 2. The summed E-state index contributed by atoms with van der Waals surface area (Å²) in [4.78, 5) is 36.2. The number of para-hydroxylation sites is 1. The smallest absolute Gasteiger partial charge is 0.267 e. The molecule has 2 rings (SSSR count). The minimum Gasteiger partial charge on any atom is -0.379 e. The Kier molecular flexibility index (Phi) is 13.5. The highest BCUT2D eigenvalue weighted by Crippen LogP contribution is 2.21. The number of carbonyl (C=O) groups is 3. The molecule has 0 radical (unpaired) electrons. The first-order chi connectivity index (χ1) is 18.5. The van der Waals surface area contributed by atoms with Crippen LogP contribution in [0.2, 0.25) is 0 Å². The Hall–Kier alpha value is -2.88. The van der Waals surface area contributed by atoms with Gasteiger partial charge in [-0.25, -0.2) is 5.01 Å². The summed E-state index contributed by atoms with van der Waals surface area (Å²) in [7, 11) is -0.846. The molecule has 1 atom stereocenters. The van der Waals surface area contributed by atoms with E-state index in [1.54, 1.807) is 7.05 Å². The third-order valence-electron chi connectivity index (χ3n) is 5.78. The van der Waals surface area contributed by atoms with Gasteiger partial charge in [0.2, 0.25) is 11.8 Å². The van der Waals surface area contributed by atoms with Gasteiger partial charge in [-0.1, -0.05) is 18.2 Å². The highest BCUT2D eigenvalue weighted by Gasteiger charge is 2.26. The number of hydrogen-bond donors (Lipinski definition) is 4. The standard InChI is InChI=1S/C25H39N5O8S/c1-19(31)9-12-37-14-15-38-13-10-27-25(33)22(18-39(34,35)36)28-24(32)8-11-30-21(17-29(3)26-2)16-20-6-4-5-7-23(20)30/h4-7,16,22,26H,8-15,17-18H2,1-3H3,(H,27,33)(H,28,32)(H,34,35,36). The Labute approximate surface area is 228 Å². The molecule has 0 aliphatic carbocycles. The van der Waals surface area contributed by atoms with E-state index in [0.717, 1.165) is 16.6 Å². The maximum absolute atomic E-state index is 12.7. The summed E-state index contributed by atoms with van der Waals surface area (Å²) in [5.74, 6) is -2.22. The van der Waals surface area contributed by atoms with Crippen molar-refractivity contribution in [3.63, 3.8) is 0 Å². The van der Waals surface area contributed by atoms with Gasteiger partial charge >= 0.3 is 0 Å². The van der Waals surface area contributed by atoms with E-state index in [1.165, 1.54) is 6.92 Å². The third-order valence-corrected chi connectivity index (χ3v) is 6.54. The molecule has 0 saturated heterocycles. The number of nitrogens with one attached hydrogen (secondary N) is 3. The fraction of sp³-hybridized carbons (Fsp3) is 0.560. The Morgan fingerprint density at radius 1 is 1.08 bits per heavy atom. The van der Waals surface area contributed by atoms with Gasteiger partial charge in [0.25, 0.3) is 10.1 Å². The predicted octanol–water partition coefficient (Wildman–Crippen LogP) is 0.0987. The van der Waals surface area contributed by atoms with E-state index in [0.29, 0.717) is 26.1 Å². The molecule has 13 nitrogen and oxygen atoms in total. The topological polar surface area (TPSA) is 168 Å². The van der Waals surface area contributed by atoms with Gasteiger partial charge in [-0.15, -0.1) is 0 Å². The second-order valence-corrected chi connectivity index (χ2v) is 10.5. The van der Waals surface area contributed by atoms with E-state index < -0.39 is 33.7 Å². The molecule has 0 saturated carbocycles. The lowest BCUT2D eigenvalue weighted by molar-refractivity contribution is -0.128. The maximum Gasteiger partial charge on any atom is 0.267 e. The van der Waals surface area contributed by atoms with Crippen LogP contribution in [0.15, 0.2) is 30.3 Å². The monoisotopic (exact) mass is 569 g/mol. The average Bonchev–Trinajstić information content (AvgIpc) is 3.21. The predicted molar refractivity (Wildman–Crippen MR) is 145 cm³/mol. The van der Waals surface area contributed by atoms with Crippen molar-refractivity contribution in [3.8, 4) is 0 Å². The van der Waals surface area contributed by atoms with Gasteiger partial charge in [-0.05, 0) is 31.5 Å². The molecule has 1 heterocycles. The van der Waals surface area contributed by atoms with Crippen molar-refractivity contribution < 1.29 is 36.8 Å². The van der Waals surface area contributed by atoms with Crippen LogP contribution in [0.3, 0.4) is 0 Å². The molecule has 1 aromatic carbocycles. The molecular formula is C25H39N5O8S. The van der Waals surface area contributed by atoms with Crippen molar-refractivity contribution in [2.24, 2.45) is 0 Å². The van der Waals surface area contributed by atoms with Gasteiger partial charge in [0.1, 0.15) is 17.6 Å². The number of aromatic nitrogens is 1. The lowest BCUT2D eigenvalue weighted by Gasteiger charge is -2.19. The largest absolute Gasteiger partial charge is 0.379 e. The molecule has 218 valence electrons. The molecule has 14 heteroatoms. The summed E-state index contributed by atoms with van der Waals surface area (Å²) in [6.45, 7) is 3.38. The quantitative estimate of drug-likeness (QED) is 0.103. The molecule has 39 heavy (non-hydrogen) atoms. The van der Waals surface area contributed by atoms with Crippen molar-refractivity contribution >= 4 is 38.6 Å². The minimum absolute atomic E-state index is 0.0169. The van der Waals surface area contributed by atoms with Gasteiger partial charge in [-0.3, -0.25) is 24.4 Å². The number of ketones is 1. The molecule has 2 amide bonds. The Morgan fingerprint density at radius 3 is 2.44 bits per heavy atom. The summed E-state index contributed by atoms with van der Waals surface area (Å²) in [6.07, 6.45) is 0.310. The molecule has 4 N–H and O–H groups in total. The normalized spacial score (nSPS) is 12.5. The Morgan fingerprint density at radius 2 is 1.77 bits per heavy atom. The summed E-state index contributed by atoms with van der Waals surface area (Å²) < 4.78 is 44.8. The molecule has 0 spiro atoms. The molecule has 0 aliphatic rings. The Balaban J connectivity index is 1.90. The first kappa shape index (κ1) is 32.3. The highest BCUT2D eigenvalue weighted by molar-refractivity contribution is 7.85. The summed E-state index contributed by atoms with van der Waals surface area (Å²) in [6, 6.07) is 8.33. The molecule has 1 aromatic heterocycles. The Bertz CT molecular complexity index is 1200. The number of nitrogens with zero attached hydrogens (tertiary/aromatic N) is 2. The number of fused-ring (bicyclic) bond motifs is 1. The number of aryl methyl sites for hydroxylation is 1. The van der Waals surface area contributed by atoms with Crippen LogP contribution >= 0.6 is 0 Å². The van der Waals surface area contributed by atoms with Gasteiger partial charge in [0, 0.05) is 44.2 Å². The van der Waals surface area contributed by atoms with Crippen molar-refractivity contribution in [3.05, 3.63) is 36.0 Å². The van der Waals surface area contributed by atoms with Crippen molar-refractivity contribution in [1.29, 1.82) is 0 Å². The van der Waals surface area contributed by atoms with E-state index >= 15 is 0 Å². The van der Waals surface area contributed by atoms with Crippen LogP contribution in [0, 0.1) is 0 Å². The number of benzene rings is 1. The first-order valence-corrected chi connectivity index (χ1v) is 14.2. The molecule has 1 unspecified atom stereocenters. The van der Waals surface area contributed by atoms with E-state index in [1.807, 2.05) is 47.0 Å². The zero-order valence-corrected chi connectivity index (χ0v) is 23.5. The summed E-state index contributed by atoms with van der Waals surface area (Å²) in [5, 5.41) is 7.84. The van der Waals surface area contributed by atoms with Gasteiger partial charge in [0.05, 0.1) is 33.0 Å². The lowest BCUT2D eigenvalue weighted by atomic mass is 10.2. The van der Waals surface area contributed by atoms with Gasteiger partial charge < -0.3 is 24.7 Å². The number of rotatable bonds is 19. The highest BCUT2D eigenvalue weighted by atomic mass is 32.2. The number of hydrazine groups is 1. The van der Waals surface area contributed by atoms with Crippen LogP contribution in [0.4, 0.5) is 0 Å².